The normalized spacial score (nSPS) is 11.2. The number of nitrogens with zero attached hydrogens (tertiary/aromatic N) is 3. The van der Waals surface area contributed by atoms with Gasteiger partial charge in [-0.1, -0.05) is 17.7 Å². The number of fused-ring (bicyclic) bond motifs is 1. The Balaban J connectivity index is 1.76. The first kappa shape index (κ1) is 22.0. The van der Waals surface area contributed by atoms with Crippen LogP contribution in [-0.4, -0.2) is 32.6 Å². The number of hydrogen-bond donors (Lipinski definition) is 2. The number of aryl methyl sites for hydroxylation is 2. The minimum absolute atomic E-state index is 0.00875. The molecule has 3 aromatic heterocycles. The average Bonchev–Trinajstić information content (AvgIpc) is 3.37. The molecule has 4 rings (SSSR count). The van der Waals surface area contributed by atoms with Crippen LogP contribution in [0, 0.1) is 6.92 Å². The second-order valence-corrected chi connectivity index (χ2v) is 9.07. The van der Waals surface area contributed by atoms with Crippen molar-refractivity contribution in [1.82, 2.24) is 20.1 Å². The molecule has 164 valence electrons. The van der Waals surface area contributed by atoms with Gasteiger partial charge in [-0.15, -0.1) is 11.3 Å². The van der Waals surface area contributed by atoms with Gasteiger partial charge < -0.3 is 10.6 Å². The van der Waals surface area contributed by atoms with Crippen molar-refractivity contribution < 1.29 is 9.59 Å². The van der Waals surface area contributed by atoms with Gasteiger partial charge in [0, 0.05) is 18.7 Å². The van der Waals surface area contributed by atoms with Crippen molar-refractivity contribution in [2.24, 2.45) is 7.05 Å². The summed E-state index contributed by atoms with van der Waals surface area (Å²) in [6.07, 6.45) is 0. The van der Waals surface area contributed by atoms with E-state index in [1.165, 1.54) is 0 Å². The van der Waals surface area contributed by atoms with E-state index in [0.717, 1.165) is 4.88 Å². The summed E-state index contributed by atoms with van der Waals surface area (Å²) >= 11 is 7.88. The van der Waals surface area contributed by atoms with Crippen molar-refractivity contribution in [3.05, 3.63) is 63.6 Å². The number of halogens is 1. The average molecular weight is 468 g/mol. The standard InChI is InChI=1S/C23H22ClN5O2S/c1-12(2)25-22(30)14-7-8-16(24)17(10-14)27-23(31)15-11-18(19-6-5-9-32-19)26-21-20(15)13(3)28-29(21)4/h5-12H,1-4H3,(H,25,30)(H,27,31). The molecule has 7 nitrogen and oxygen atoms in total. The topological polar surface area (TPSA) is 88.9 Å². The van der Waals surface area contributed by atoms with Crippen LogP contribution in [0.4, 0.5) is 5.69 Å². The van der Waals surface area contributed by atoms with Gasteiger partial charge in [-0.2, -0.15) is 5.10 Å². The largest absolute Gasteiger partial charge is 0.350 e. The van der Waals surface area contributed by atoms with Gasteiger partial charge in [-0.3, -0.25) is 14.3 Å². The number of anilines is 1. The molecule has 0 bridgehead atoms. The first-order chi connectivity index (χ1) is 15.2. The Hall–Kier alpha value is -3.23. The Morgan fingerprint density at radius 1 is 1.16 bits per heavy atom. The lowest BCUT2D eigenvalue weighted by Crippen LogP contribution is -2.30. The summed E-state index contributed by atoms with van der Waals surface area (Å²) in [6, 6.07) is 10.5. The van der Waals surface area contributed by atoms with Gasteiger partial charge in [-0.05, 0) is 56.5 Å². The van der Waals surface area contributed by atoms with Crippen LogP contribution in [0.5, 0.6) is 0 Å². The van der Waals surface area contributed by atoms with E-state index in [2.05, 4.69) is 15.7 Å². The summed E-state index contributed by atoms with van der Waals surface area (Å²) < 4.78 is 1.67. The first-order valence-corrected chi connectivity index (χ1v) is 11.3. The molecule has 0 atom stereocenters. The van der Waals surface area contributed by atoms with E-state index in [4.69, 9.17) is 16.6 Å². The molecular formula is C23H22ClN5O2S. The second kappa shape index (κ2) is 8.72. The molecular weight excluding hydrogens is 446 g/mol. The Kier molecular flexibility index (Phi) is 5.99. The molecule has 0 fully saturated rings. The molecule has 0 unspecified atom stereocenters. The van der Waals surface area contributed by atoms with Crippen LogP contribution < -0.4 is 10.6 Å². The smallest absolute Gasteiger partial charge is 0.256 e. The van der Waals surface area contributed by atoms with Gasteiger partial charge in [0.1, 0.15) is 0 Å². The molecule has 32 heavy (non-hydrogen) atoms. The minimum Gasteiger partial charge on any atom is -0.350 e. The number of rotatable bonds is 5. The number of carbonyl (C=O) groups is 2. The second-order valence-electron chi connectivity index (χ2n) is 7.72. The van der Waals surface area contributed by atoms with E-state index in [0.29, 0.717) is 44.3 Å². The highest BCUT2D eigenvalue weighted by Crippen LogP contribution is 2.31. The summed E-state index contributed by atoms with van der Waals surface area (Å²) in [4.78, 5) is 31.5. The van der Waals surface area contributed by atoms with E-state index in [-0.39, 0.29) is 17.9 Å². The Labute approximate surface area is 194 Å². The van der Waals surface area contributed by atoms with E-state index < -0.39 is 0 Å². The molecule has 3 heterocycles. The fourth-order valence-electron chi connectivity index (χ4n) is 3.47. The van der Waals surface area contributed by atoms with Crippen LogP contribution in [0.25, 0.3) is 21.6 Å². The maximum absolute atomic E-state index is 13.4. The molecule has 0 spiro atoms. The lowest BCUT2D eigenvalue weighted by molar-refractivity contribution is 0.0942. The number of carbonyl (C=O) groups excluding carboxylic acids is 2. The fourth-order valence-corrected chi connectivity index (χ4v) is 4.32. The number of amides is 2. The van der Waals surface area contributed by atoms with Crippen LogP contribution in [-0.2, 0) is 7.05 Å². The molecule has 0 saturated carbocycles. The monoisotopic (exact) mass is 467 g/mol. The van der Waals surface area contributed by atoms with Gasteiger partial charge in [0.05, 0.1) is 37.9 Å². The molecule has 0 saturated heterocycles. The van der Waals surface area contributed by atoms with Crippen LogP contribution in [0.2, 0.25) is 5.02 Å². The number of thiophene rings is 1. The van der Waals surface area contributed by atoms with Crippen LogP contribution >= 0.6 is 22.9 Å². The fraction of sp³-hybridized carbons (Fsp3) is 0.217. The summed E-state index contributed by atoms with van der Waals surface area (Å²) in [7, 11) is 1.80. The van der Waals surface area contributed by atoms with Crippen molar-refractivity contribution in [3.8, 4) is 10.6 Å². The molecule has 4 aromatic rings. The van der Waals surface area contributed by atoms with Crippen LogP contribution in [0.15, 0.2) is 41.8 Å². The van der Waals surface area contributed by atoms with Crippen LogP contribution in [0.1, 0.15) is 40.3 Å². The summed E-state index contributed by atoms with van der Waals surface area (Å²) in [5.74, 6) is -0.587. The maximum atomic E-state index is 13.4. The summed E-state index contributed by atoms with van der Waals surface area (Å²) in [5, 5.41) is 13.1. The highest BCUT2D eigenvalue weighted by Gasteiger charge is 2.21. The lowest BCUT2D eigenvalue weighted by Gasteiger charge is -2.12. The predicted octanol–water partition coefficient (Wildman–Crippen LogP) is 5.05. The van der Waals surface area contributed by atoms with Crippen LogP contribution in [0.3, 0.4) is 0 Å². The Bertz CT molecular complexity index is 1330. The first-order valence-electron chi connectivity index (χ1n) is 10.0. The van der Waals surface area contributed by atoms with Crippen molar-refractivity contribution in [3.63, 3.8) is 0 Å². The number of nitrogens with one attached hydrogen (secondary N) is 2. The van der Waals surface area contributed by atoms with E-state index in [1.54, 1.807) is 47.3 Å². The summed E-state index contributed by atoms with van der Waals surface area (Å²) in [5.41, 5.74) is 3.23. The molecule has 1 aromatic carbocycles. The number of hydrogen-bond acceptors (Lipinski definition) is 5. The highest BCUT2D eigenvalue weighted by atomic mass is 35.5. The SMILES string of the molecule is Cc1nn(C)c2nc(-c3cccs3)cc(C(=O)Nc3cc(C(=O)NC(C)C)ccc3Cl)c12. The minimum atomic E-state index is -0.352. The molecule has 9 heteroatoms. The number of benzene rings is 1. The molecule has 0 radical (unpaired) electrons. The van der Waals surface area contributed by atoms with Crippen molar-refractivity contribution in [2.45, 2.75) is 26.8 Å². The number of aromatic nitrogens is 3. The lowest BCUT2D eigenvalue weighted by atomic mass is 10.1. The van der Waals surface area contributed by atoms with Gasteiger partial charge in [-0.25, -0.2) is 4.98 Å². The zero-order valence-electron chi connectivity index (χ0n) is 18.1. The van der Waals surface area contributed by atoms with E-state index in [1.807, 2.05) is 38.3 Å². The molecule has 0 aliphatic heterocycles. The third-order valence-electron chi connectivity index (χ3n) is 4.88. The van der Waals surface area contributed by atoms with E-state index in [9.17, 15) is 9.59 Å². The van der Waals surface area contributed by atoms with Gasteiger partial charge >= 0.3 is 0 Å². The van der Waals surface area contributed by atoms with Gasteiger partial charge in [0.25, 0.3) is 11.8 Å². The molecule has 2 N–H and O–H groups in total. The summed E-state index contributed by atoms with van der Waals surface area (Å²) in [6.45, 7) is 5.61. The van der Waals surface area contributed by atoms with E-state index >= 15 is 0 Å². The maximum Gasteiger partial charge on any atom is 0.256 e. The van der Waals surface area contributed by atoms with Crippen molar-refractivity contribution in [1.29, 1.82) is 0 Å². The van der Waals surface area contributed by atoms with Gasteiger partial charge in [0.15, 0.2) is 5.65 Å². The number of pyridine rings is 1. The Morgan fingerprint density at radius 3 is 2.62 bits per heavy atom. The zero-order valence-corrected chi connectivity index (χ0v) is 19.6. The zero-order chi connectivity index (χ0) is 23.0. The van der Waals surface area contributed by atoms with Gasteiger partial charge in [0.2, 0.25) is 0 Å². The highest BCUT2D eigenvalue weighted by molar-refractivity contribution is 7.13. The van der Waals surface area contributed by atoms with Crippen molar-refractivity contribution >= 4 is 51.5 Å². The molecule has 0 aliphatic rings. The Morgan fingerprint density at radius 2 is 1.94 bits per heavy atom. The quantitative estimate of drug-likeness (QED) is 0.430. The third kappa shape index (κ3) is 4.24. The van der Waals surface area contributed by atoms with Crippen molar-refractivity contribution in [2.75, 3.05) is 5.32 Å². The predicted molar refractivity (Wildman–Crippen MR) is 129 cm³/mol. The molecule has 0 aliphatic carbocycles. The third-order valence-corrected chi connectivity index (χ3v) is 6.11. The molecule has 2 amide bonds.